The van der Waals surface area contributed by atoms with E-state index in [0.29, 0.717) is 56.5 Å². The van der Waals surface area contributed by atoms with Crippen LogP contribution in [0.1, 0.15) is 141 Å². The molecule has 0 spiro atoms. The number of para-hydroxylation sites is 4. The summed E-state index contributed by atoms with van der Waals surface area (Å²) >= 11 is 0. The summed E-state index contributed by atoms with van der Waals surface area (Å²) in [5.41, 5.74) is 14.8. The Balaban J connectivity index is 1.01. The van der Waals surface area contributed by atoms with E-state index in [-0.39, 0.29) is 74.8 Å². The summed E-state index contributed by atoms with van der Waals surface area (Å²) in [6.07, 6.45) is -0.269. The topological polar surface area (TPSA) is 46.7 Å². The lowest BCUT2D eigenvalue weighted by molar-refractivity contribution is 0.483. The zero-order valence-electron chi connectivity index (χ0n) is 56.0. The quantitative estimate of drug-likeness (QED) is 0.159. The van der Waals surface area contributed by atoms with Gasteiger partial charge in [0.1, 0.15) is 35.2 Å². The van der Waals surface area contributed by atoms with Crippen molar-refractivity contribution in [2.75, 3.05) is 16.5 Å². The van der Waals surface area contributed by atoms with Crippen molar-refractivity contribution in [3.63, 3.8) is 0 Å². The van der Waals surface area contributed by atoms with E-state index in [1.807, 2.05) is 57.2 Å². The normalized spacial score (nSPS) is 14.8. The van der Waals surface area contributed by atoms with E-state index in [0.717, 1.165) is 33.9 Å². The number of fused-ring (bicyclic) bond motifs is 8. The molecule has 0 unspecified atom stereocenters. The van der Waals surface area contributed by atoms with Crippen LogP contribution in [0.25, 0.3) is 71.8 Å². The summed E-state index contributed by atoms with van der Waals surface area (Å²) < 4.78 is 77.5. The highest BCUT2D eigenvalue weighted by Gasteiger charge is 2.33. The van der Waals surface area contributed by atoms with E-state index < -0.39 is 11.5 Å². The fraction of sp³-hybridized carbons (Fsp3) is 0.284. The van der Waals surface area contributed by atoms with Crippen LogP contribution in [-0.2, 0) is 27.1 Å². The maximum atomic E-state index is 9.67. The Kier molecular flexibility index (Phi) is 10.5. The molecule has 6 heteroatoms. The maximum Gasteiger partial charge on any atom is 0.145 e. The van der Waals surface area contributed by atoms with Crippen LogP contribution < -0.4 is 14.5 Å². The molecular formula is C74H76N4O2. The van der Waals surface area contributed by atoms with Crippen molar-refractivity contribution < 1.29 is 18.7 Å². The molecule has 0 radical (unpaired) electrons. The molecule has 0 aliphatic carbocycles. The Bertz CT molecular complexity index is 4500. The molecule has 0 saturated heterocycles. The van der Waals surface area contributed by atoms with Crippen LogP contribution in [-0.4, -0.2) is 16.2 Å². The fourth-order valence-corrected chi connectivity index (χ4v) is 11.2. The number of pyridine rings is 1. The number of ether oxygens (including phenoxy) is 1. The fourth-order valence-electron chi connectivity index (χ4n) is 11.2. The molecule has 0 atom stereocenters. The lowest BCUT2D eigenvalue weighted by Crippen LogP contribution is -2.25. The molecule has 1 aliphatic heterocycles. The Hall–Kier alpha value is -8.09. The predicted octanol–water partition coefficient (Wildman–Crippen LogP) is 20.9. The number of benzene rings is 8. The second kappa shape index (κ2) is 18.8. The molecular weight excluding hydrogens is 977 g/mol. The van der Waals surface area contributed by atoms with Crippen LogP contribution in [0.2, 0.25) is 0 Å². The first kappa shape index (κ1) is 44.7. The minimum absolute atomic E-state index is 0.00135. The van der Waals surface area contributed by atoms with Crippen molar-refractivity contribution in [1.29, 1.82) is 0 Å². The number of anilines is 4. The lowest BCUT2D eigenvalue weighted by atomic mass is 9.77. The van der Waals surface area contributed by atoms with E-state index in [4.69, 9.17) is 17.4 Å². The number of furan rings is 1. The van der Waals surface area contributed by atoms with Crippen LogP contribution in [0.4, 0.5) is 22.7 Å². The summed E-state index contributed by atoms with van der Waals surface area (Å²) in [7, 11) is 0. The minimum Gasteiger partial charge on any atom is -0.457 e. The van der Waals surface area contributed by atoms with Gasteiger partial charge >= 0.3 is 0 Å². The average molecular weight is 1060 g/mol. The van der Waals surface area contributed by atoms with Gasteiger partial charge in [0, 0.05) is 51.3 Å². The summed E-state index contributed by atoms with van der Waals surface area (Å²) in [5, 5.41) is 2.06. The molecule has 0 bridgehead atoms. The van der Waals surface area contributed by atoms with Crippen molar-refractivity contribution in [2.24, 2.45) is 0 Å². The summed E-state index contributed by atoms with van der Waals surface area (Å²) in [5.74, 6) is 1.21. The van der Waals surface area contributed by atoms with Gasteiger partial charge in [0.15, 0.2) is 0 Å². The third-order valence-electron chi connectivity index (χ3n) is 15.9. The third-order valence-corrected chi connectivity index (χ3v) is 15.9. The van der Waals surface area contributed by atoms with Gasteiger partial charge in [-0.25, -0.2) is 4.98 Å². The zero-order valence-corrected chi connectivity index (χ0v) is 49.0. The van der Waals surface area contributed by atoms with Gasteiger partial charge < -0.3 is 19.0 Å². The first-order valence-electron chi connectivity index (χ1n) is 31.5. The third kappa shape index (κ3) is 9.40. The highest BCUT2D eigenvalue weighted by atomic mass is 16.5. The molecule has 0 saturated carbocycles. The van der Waals surface area contributed by atoms with Crippen molar-refractivity contribution >= 4 is 66.5 Å². The molecule has 6 nitrogen and oxygen atoms in total. The van der Waals surface area contributed by atoms with Gasteiger partial charge in [0.2, 0.25) is 0 Å². The van der Waals surface area contributed by atoms with E-state index in [2.05, 4.69) is 189 Å². The first-order valence-corrected chi connectivity index (χ1v) is 28.0. The van der Waals surface area contributed by atoms with Crippen molar-refractivity contribution in [3.8, 4) is 39.6 Å². The molecule has 3 aromatic heterocycles. The summed E-state index contributed by atoms with van der Waals surface area (Å²) in [4.78, 5) is 9.48. The average Bonchev–Trinajstić information content (AvgIpc) is 1.58. The summed E-state index contributed by atoms with van der Waals surface area (Å²) in [6.45, 7) is 33.8. The van der Waals surface area contributed by atoms with Crippen LogP contribution in [0.3, 0.4) is 0 Å². The second-order valence-electron chi connectivity index (χ2n) is 27.0. The number of hydrogen-bond donors (Lipinski definition) is 0. The molecule has 11 aromatic rings. The number of nitrogens with zero attached hydrogens (tertiary/aromatic N) is 4. The molecule has 0 N–H and O–H groups in total. The highest BCUT2D eigenvalue weighted by molar-refractivity contribution is 6.24. The largest absolute Gasteiger partial charge is 0.457 e. The highest BCUT2D eigenvalue weighted by Crippen LogP contribution is 2.52. The number of aromatic nitrogens is 2. The Morgan fingerprint density at radius 1 is 0.487 bits per heavy atom. The van der Waals surface area contributed by atoms with Crippen LogP contribution in [0.15, 0.2) is 180 Å². The Morgan fingerprint density at radius 2 is 1.04 bits per heavy atom. The molecule has 4 heterocycles. The second-order valence-corrected chi connectivity index (χ2v) is 27.0. The van der Waals surface area contributed by atoms with E-state index in [1.165, 1.54) is 33.4 Å². The maximum absolute atomic E-state index is 9.67. The van der Waals surface area contributed by atoms with Gasteiger partial charge in [-0.3, -0.25) is 4.57 Å². The number of rotatable bonds is 7. The molecule has 0 fully saturated rings. The van der Waals surface area contributed by atoms with E-state index in [9.17, 15) is 1.37 Å². The van der Waals surface area contributed by atoms with Crippen molar-refractivity contribution in [1.82, 2.24) is 9.55 Å². The Morgan fingerprint density at radius 3 is 1.64 bits per heavy atom. The molecule has 0 amide bonds. The van der Waals surface area contributed by atoms with Gasteiger partial charge in [-0.2, -0.15) is 0 Å². The van der Waals surface area contributed by atoms with E-state index >= 15 is 0 Å². The molecule has 8 aromatic carbocycles. The van der Waals surface area contributed by atoms with Gasteiger partial charge in [-0.15, -0.1) is 0 Å². The predicted molar refractivity (Wildman–Crippen MR) is 339 cm³/mol. The van der Waals surface area contributed by atoms with Crippen molar-refractivity contribution in [2.45, 2.75) is 131 Å². The van der Waals surface area contributed by atoms with Crippen LogP contribution in [0, 0.1) is 0 Å². The van der Waals surface area contributed by atoms with Crippen molar-refractivity contribution in [3.05, 3.63) is 204 Å². The van der Waals surface area contributed by atoms with E-state index in [1.54, 1.807) is 10.6 Å². The molecule has 1 aliphatic rings. The zero-order chi connectivity index (χ0) is 62.5. The van der Waals surface area contributed by atoms with Gasteiger partial charge in [-0.1, -0.05) is 195 Å². The first-order chi connectivity index (χ1) is 40.7. The van der Waals surface area contributed by atoms with Gasteiger partial charge in [0.05, 0.1) is 43.1 Å². The Labute approximate surface area is 483 Å². The molecule has 404 valence electrons. The smallest absolute Gasteiger partial charge is 0.145 e. The van der Waals surface area contributed by atoms with Gasteiger partial charge in [-0.05, 0) is 133 Å². The molecule has 80 heavy (non-hydrogen) atoms. The monoisotopic (exact) mass is 1060 g/mol. The summed E-state index contributed by atoms with van der Waals surface area (Å²) in [6, 6.07) is 45.9. The SMILES string of the molecule is [2H]c1nc(-n2c3cc(Oc4cccc(N5CN(c6c(-c7cc(C(C)(C)C)cc(C(C)(C)C)c7)cccc6-c6cc(C(C)(C)C)cc(C(C)(C)C)c6)c6ccccc65)c4)ccc3c3c4oc5c([2H])c([2H])c([2H])c([2H])c5c4ccc32)c([2H])c(C(C)(C)C)c1[2H]. The van der Waals surface area contributed by atoms with Crippen LogP contribution >= 0.6 is 0 Å². The van der Waals surface area contributed by atoms with Gasteiger partial charge in [0.25, 0.3) is 0 Å². The van der Waals surface area contributed by atoms with Crippen LogP contribution in [0.5, 0.6) is 11.5 Å². The minimum atomic E-state index is -0.677. The number of hydrogen-bond acceptors (Lipinski definition) is 5. The standard InChI is InChI=1S/C74H76N4O2/c1-70(2,3)48-34-35-75-66(42-48)78-63-33-32-59-58-24-16-19-29-65(58)80-69(59)67(63)60-31-30-55(44-64(60)78)79-54-23-20-22-53(43-54)76-45-77(62-28-18-17-27-61(62)76)68-56(46-36-49(71(4,5)6)40-50(37-46)72(7,8)9)25-21-26-57(68)47-38-51(73(10,11)12)41-52(39-47)74(13,14)15/h16-44H,45H2,1-15H3/i16D,19D,24D,29D,34D,35D,42D. The lowest BCUT2D eigenvalue weighted by Gasteiger charge is -2.31. The molecule has 12 rings (SSSR count).